The van der Waals surface area contributed by atoms with Gasteiger partial charge in [0.25, 0.3) is 0 Å². The molecule has 0 radical (unpaired) electrons. The molecule has 0 saturated carbocycles. The second-order valence-electron chi connectivity index (χ2n) is 8.92. The summed E-state index contributed by atoms with van der Waals surface area (Å²) in [7, 11) is 0. The van der Waals surface area contributed by atoms with E-state index in [9.17, 15) is 5.26 Å². The molecular formula is C32H16N4O. The Morgan fingerprint density at radius 1 is 0.676 bits per heavy atom. The fourth-order valence-corrected chi connectivity index (χ4v) is 4.93. The predicted molar refractivity (Wildman–Crippen MR) is 146 cm³/mol. The molecule has 0 fully saturated rings. The SMILES string of the molecule is [C-]#[N+]c1ccc2cc(-c3cccc4c3oc3c(-c5cc6ccc(C#N)cc6cn5)cccc34)ncc2c1. The van der Waals surface area contributed by atoms with Crippen molar-refractivity contribution >= 4 is 49.2 Å². The Hall–Kier alpha value is -5.52. The maximum absolute atomic E-state index is 9.20. The van der Waals surface area contributed by atoms with Crippen LogP contribution in [0.25, 0.3) is 70.8 Å². The lowest BCUT2D eigenvalue weighted by molar-refractivity contribution is 0.670. The molecule has 7 aromatic rings. The standard InChI is InChI=1S/C32H16N4O/c1-34-24-11-10-21-15-30(36-18-23(21)13-24)28-7-3-5-26-25-4-2-6-27(31(25)37-32(26)28)29-14-20-9-8-19(16-33)12-22(20)17-35-29/h2-15,17-18H. The number of nitriles is 1. The summed E-state index contributed by atoms with van der Waals surface area (Å²) in [5, 5.41) is 15.1. The van der Waals surface area contributed by atoms with Gasteiger partial charge in [-0.05, 0) is 58.6 Å². The molecule has 5 heteroatoms. The molecule has 0 bridgehead atoms. The highest BCUT2D eigenvalue weighted by molar-refractivity contribution is 6.13. The molecule has 5 nitrogen and oxygen atoms in total. The van der Waals surface area contributed by atoms with Gasteiger partial charge in [0.15, 0.2) is 5.69 Å². The van der Waals surface area contributed by atoms with E-state index in [0.717, 1.165) is 66.0 Å². The van der Waals surface area contributed by atoms with Crippen molar-refractivity contribution in [1.29, 1.82) is 5.26 Å². The molecule has 0 aliphatic rings. The summed E-state index contributed by atoms with van der Waals surface area (Å²) in [6.07, 6.45) is 3.61. The highest BCUT2D eigenvalue weighted by Crippen LogP contribution is 2.39. The third-order valence-electron chi connectivity index (χ3n) is 6.76. The van der Waals surface area contributed by atoms with Crippen molar-refractivity contribution in [3.8, 4) is 28.6 Å². The second-order valence-corrected chi connectivity index (χ2v) is 8.92. The summed E-state index contributed by atoms with van der Waals surface area (Å²) in [6.45, 7) is 7.25. The number of para-hydroxylation sites is 2. The first-order valence-corrected chi connectivity index (χ1v) is 11.7. The smallest absolute Gasteiger partial charge is 0.187 e. The van der Waals surface area contributed by atoms with E-state index in [1.54, 1.807) is 6.20 Å². The number of furan rings is 1. The van der Waals surface area contributed by atoms with E-state index in [1.165, 1.54) is 0 Å². The molecule has 0 unspecified atom stereocenters. The van der Waals surface area contributed by atoms with E-state index in [1.807, 2.05) is 79.0 Å². The van der Waals surface area contributed by atoms with E-state index in [0.29, 0.717) is 11.3 Å². The van der Waals surface area contributed by atoms with Crippen LogP contribution in [-0.4, -0.2) is 9.97 Å². The summed E-state index contributed by atoms with van der Waals surface area (Å²) in [4.78, 5) is 12.9. The quantitative estimate of drug-likeness (QED) is 0.237. The molecule has 0 N–H and O–H groups in total. The Morgan fingerprint density at radius 2 is 1.27 bits per heavy atom. The molecule has 3 aromatic heterocycles. The lowest BCUT2D eigenvalue weighted by atomic mass is 10.0. The van der Waals surface area contributed by atoms with Crippen molar-refractivity contribution in [3.63, 3.8) is 0 Å². The van der Waals surface area contributed by atoms with Crippen molar-refractivity contribution in [3.05, 3.63) is 114 Å². The number of hydrogen-bond acceptors (Lipinski definition) is 4. The Kier molecular flexibility index (Phi) is 4.51. The summed E-state index contributed by atoms with van der Waals surface area (Å²) in [6, 6.07) is 29.7. The minimum absolute atomic E-state index is 0.599. The number of nitrogens with zero attached hydrogens (tertiary/aromatic N) is 4. The zero-order valence-corrected chi connectivity index (χ0v) is 19.4. The largest absolute Gasteiger partial charge is 0.455 e. The first kappa shape index (κ1) is 20.8. The van der Waals surface area contributed by atoms with Crippen LogP contribution in [-0.2, 0) is 0 Å². The molecular weight excluding hydrogens is 456 g/mol. The third-order valence-corrected chi connectivity index (χ3v) is 6.76. The van der Waals surface area contributed by atoms with E-state index in [2.05, 4.69) is 23.0 Å². The predicted octanol–water partition coefficient (Wildman–Crippen LogP) is 8.44. The second kappa shape index (κ2) is 8.02. The number of rotatable bonds is 2. The fourth-order valence-electron chi connectivity index (χ4n) is 4.93. The minimum atomic E-state index is 0.599. The van der Waals surface area contributed by atoms with Crippen molar-refractivity contribution in [2.24, 2.45) is 0 Å². The normalized spacial score (nSPS) is 11.2. The molecule has 0 amide bonds. The van der Waals surface area contributed by atoms with Crippen LogP contribution in [0.15, 0.2) is 102 Å². The van der Waals surface area contributed by atoms with Crippen LogP contribution in [0, 0.1) is 17.9 Å². The van der Waals surface area contributed by atoms with Crippen LogP contribution in [0.2, 0.25) is 0 Å². The van der Waals surface area contributed by atoms with Crippen LogP contribution >= 0.6 is 0 Å². The summed E-state index contributed by atoms with van der Waals surface area (Å²) >= 11 is 0. The molecule has 0 aliphatic carbocycles. The molecule has 0 saturated heterocycles. The maximum Gasteiger partial charge on any atom is 0.187 e. The van der Waals surface area contributed by atoms with Gasteiger partial charge in [-0.2, -0.15) is 5.26 Å². The van der Waals surface area contributed by atoms with Crippen molar-refractivity contribution in [2.45, 2.75) is 0 Å². The lowest BCUT2D eigenvalue weighted by Crippen LogP contribution is -1.86. The van der Waals surface area contributed by atoms with Crippen LogP contribution < -0.4 is 0 Å². The van der Waals surface area contributed by atoms with Crippen LogP contribution in [0.1, 0.15) is 5.56 Å². The highest BCUT2D eigenvalue weighted by atomic mass is 16.3. The van der Waals surface area contributed by atoms with Gasteiger partial charge in [0, 0.05) is 39.7 Å². The topological polar surface area (TPSA) is 67.1 Å². The summed E-state index contributed by atoms with van der Waals surface area (Å²) in [5.74, 6) is 0. The van der Waals surface area contributed by atoms with Gasteiger partial charge in [-0.3, -0.25) is 9.97 Å². The van der Waals surface area contributed by atoms with Gasteiger partial charge < -0.3 is 4.42 Å². The van der Waals surface area contributed by atoms with Crippen molar-refractivity contribution in [1.82, 2.24) is 9.97 Å². The molecule has 7 rings (SSSR count). The Labute approximate surface area is 211 Å². The number of pyridine rings is 2. The number of benzene rings is 4. The fraction of sp³-hybridized carbons (Fsp3) is 0. The van der Waals surface area contributed by atoms with Crippen molar-refractivity contribution in [2.75, 3.05) is 0 Å². The number of hydrogen-bond donors (Lipinski definition) is 0. The molecule has 37 heavy (non-hydrogen) atoms. The van der Waals surface area contributed by atoms with Gasteiger partial charge in [-0.1, -0.05) is 42.5 Å². The summed E-state index contributed by atoms with van der Waals surface area (Å²) in [5.41, 5.74) is 6.19. The number of fused-ring (bicyclic) bond motifs is 5. The van der Waals surface area contributed by atoms with E-state index < -0.39 is 0 Å². The van der Waals surface area contributed by atoms with Crippen LogP contribution in [0.5, 0.6) is 0 Å². The molecule has 0 atom stereocenters. The molecule has 0 spiro atoms. The Balaban J connectivity index is 1.42. The van der Waals surface area contributed by atoms with E-state index in [4.69, 9.17) is 21.0 Å². The van der Waals surface area contributed by atoms with E-state index >= 15 is 0 Å². The lowest BCUT2D eigenvalue weighted by Gasteiger charge is -2.05. The van der Waals surface area contributed by atoms with Gasteiger partial charge in [0.1, 0.15) is 11.2 Å². The monoisotopic (exact) mass is 472 g/mol. The highest BCUT2D eigenvalue weighted by Gasteiger charge is 2.17. The average molecular weight is 473 g/mol. The zero-order chi connectivity index (χ0) is 24.9. The number of aromatic nitrogens is 2. The van der Waals surface area contributed by atoms with Gasteiger partial charge in [-0.25, -0.2) is 4.85 Å². The van der Waals surface area contributed by atoms with Gasteiger partial charge in [0.05, 0.1) is 29.6 Å². The van der Waals surface area contributed by atoms with Crippen LogP contribution in [0.3, 0.4) is 0 Å². The average Bonchev–Trinajstić information content (AvgIpc) is 3.35. The molecule has 170 valence electrons. The van der Waals surface area contributed by atoms with Gasteiger partial charge in [-0.15, -0.1) is 0 Å². The van der Waals surface area contributed by atoms with Gasteiger partial charge in [0.2, 0.25) is 0 Å². The minimum Gasteiger partial charge on any atom is -0.455 e. The van der Waals surface area contributed by atoms with E-state index in [-0.39, 0.29) is 0 Å². The Bertz CT molecular complexity index is 1970. The third kappa shape index (κ3) is 3.31. The first-order valence-electron chi connectivity index (χ1n) is 11.7. The molecule has 3 heterocycles. The summed E-state index contributed by atoms with van der Waals surface area (Å²) < 4.78 is 6.56. The zero-order valence-electron chi connectivity index (χ0n) is 19.4. The molecule has 4 aromatic carbocycles. The first-order chi connectivity index (χ1) is 18.2. The molecule has 0 aliphatic heterocycles. The van der Waals surface area contributed by atoms with Crippen molar-refractivity contribution < 1.29 is 4.42 Å². The Morgan fingerprint density at radius 3 is 1.86 bits per heavy atom. The van der Waals surface area contributed by atoms with Crippen LogP contribution in [0.4, 0.5) is 5.69 Å². The maximum atomic E-state index is 9.20. The van der Waals surface area contributed by atoms with Gasteiger partial charge >= 0.3 is 0 Å².